The number of carbonyl (C=O) groups excluding carboxylic acids is 2. The van der Waals surface area contributed by atoms with E-state index in [4.69, 9.17) is 16.3 Å². The predicted molar refractivity (Wildman–Crippen MR) is 94.6 cm³/mol. The maximum atomic E-state index is 12.0. The largest absolute Gasteiger partial charge is 0.507 e. The Balaban J connectivity index is 2.09. The molecule has 2 aromatic rings. The van der Waals surface area contributed by atoms with E-state index in [1.54, 1.807) is 19.9 Å². The van der Waals surface area contributed by atoms with E-state index < -0.39 is 23.4 Å². The maximum absolute atomic E-state index is 12.0. The van der Waals surface area contributed by atoms with Crippen molar-refractivity contribution in [2.75, 3.05) is 11.9 Å². The molecule has 2 aromatic carbocycles. The van der Waals surface area contributed by atoms with Gasteiger partial charge in [-0.15, -0.1) is 0 Å². The summed E-state index contributed by atoms with van der Waals surface area (Å²) in [7, 11) is 0. The third-order valence-corrected chi connectivity index (χ3v) is 3.92. The summed E-state index contributed by atoms with van der Waals surface area (Å²) in [6.07, 6.45) is 0. The van der Waals surface area contributed by atoms with Gasteiger partial charge in [-0.25, -0.2) is 4.79 Å². The highest BCUT2D eigenvalue weighted by atomic mass is 35.5. The summed E-state index contributed by atoms with van der Waals surface area (Å²) in [6.45, 7) is 2.71. The lowest BCUT2D eigenvalue weighted by Crippen LogP contribution is -2.22. The Kier molecular flexibility index (Phi) is 5.78. The second kappa shape index (κ2) is 7.83. The number of rotatable bonds is 5. The minimum atomic E-state index is -0.926. The molecule has 0 aromatic heterocycles. The summed E-state index contributed by atoms with van der Waals surface area (Å²) in [5, 5.41) is 23.4. The predicted octanol–water partition coefficient (Wildman–Crippen LogP) is 3.37. The van der Waals surface area contributed by atoms with Crippen LogP contribution in [0.2, 0.25) is 5.02 Å². The summed E-state index contributed by atoms with van der Waals surface area (Å²) in [5.41, 5.74) is 0.927. The van der Waals surface area contributed by atoms with Gasteiger partial charge in [0.05, 0.1) is 4.92 Å². The van der Waals surface area contributed by atoms with E-state index in [0.717, 1.165) is 11.6 Å². The Morgan fingerprint density at radius 1 is 1.27 bits per heavy atom. The number of phenols is 1. The molecule has 26 heavy (non-hydrogen) atoms. The molecule has 0 unspecified atom stereocenters. The number of benzene rings is 2. The molecular weight excluding hydrogens is 364 g/mol. The molecule has 0 fully saturated rings. The molecule has 0 bridgehead atoms. The van der Waals surface area contributed by atoms with Crippen LogP contribution in [0.5, 0.6) is 5.75 Å². The molecule has 0 spiro atoms. The topological polar surface area (TPSA) is 119 Å². The van der Waals surface area contributed by atoms with E-state index >= 15 is 0 Å². The lowest BCUT2D eigenvalue weighted by molar-refractivity contribution is -0.384. The second-order valence-electron chi connectivity index (χ2n) is 5.44. The van der Waals surface area contributed by atoms with Gasteiger partial charge >= 0.3 is 5.97 Å². The first-order valence-corrected chi connectivity index (χ1v) is 7.78. The lowest BCUT2D eigenvalue weighted by Gasteiger charge is -2.11. The van der Waals surface area contributed by atoms with E-state index in [9.17, 15) is 24.8 Å². The summed E-state index contributed by atoms with van der Waals surface area (Å²) in [4.78, 5) is 34.4. The number of anilines is 1. The zero-order chi connectivity index (χ0) is 19.4. The number of nitro groups is 1. The smallest absolute Gasteiger partial charge is 0.342 e. The van der Waals surface area contributed by atoms with Crippen molar-refractivity contribution in [2.45, 2.75) is 13.8 Å². The zero-order valence-electron chi connectivity index (χ0n) is 13.9. The third-order valence-electron chi connectivity index (χ3n) is 3.69. The van der Waals surface area contributed by atoms with E-state index in [0.29, 0.717) is 5.56 Å². The molecule has 0 radical (unpaired) electrons. The average molecular weight is 379 g/mol. The number of nitro benzene ring substituents is 1. The first kappa shape index (κ1) is 19.2. The molecule has 136 valence electrons. The highest BCUT2D eigenvalue weighted by molar-refractivity contribution is 6.30. The number of aryl methyl sites for hydroxylation is 1. The van der Waals surface area contributed by atoms with Crippen LogP contribution in [0.25, 0.3) is 0 Å². The molecular formula is C17H15ClN2O6. The first-order valence-electron chi connectivity index (χ1n) is 7.40. The summed E-state index contributed by atoms with van der Waals surface area (Å²) in [6, 6.07) is 6.67. The van der Waals surface area contributed by atoms with Crippen molar-refractivity contribution in [2.24, 2.45) is 0 Å². The number of hydrogen-bond acceptors (Lipinski definition) is 6. The Hall–Kier alpha value is -3.13. The van der Waals surface area contributed by atoms with Crippen molar-refractivity contribution >= 4 is 34.9 Å². The number of ether oxygens (including phenoxy) is 1. The van der Waals surface area contributed by atoms with Crippen molar-refractivity contribution in [1.29, 1.82) is 0 Å². The molecule has 0 aliphatic heterocycles. The van der Waals surface area contributed by atoms with Gasteiger partial charge < -0.3 is 15.2 Å². The molecule has 1 amide bonds. The van der Waals surface area contributed by atoms with Crippen LogP contribution < -0.4 is 5.32 Å². The first-order chi connectivity index (χ1) is 12.2. The van der Waals surface area contributed by atoms with Gasteiger partial charge in [0, 0.05) is 11.1 Å². The van der Waals surface area contributed by atoms with Crippen molar-refractivity contribution in [3.05, 3.63) is 62.2 Å². The zero-order valence-corrected chi connectivity index (χ0v) is 14.7. The summed E-state index contributed by atoms with van der Waals surface area (Å²) >= 11 is 5.68. The molecule has 0 aliphatic carbocycles. The maximum Gasteiger partial charge on any atom is 0.342 e. The molecule has 0 heterocycles. The van der Waals surface area contributed by atoms with Crippen LogP contribution in [-0.2, 0) is 9.53 Å². The van der Waals surface area contributed by atoms with Crippen LogP contribution in [0.15, 0.2) is 30.3 Å². The van der Waals surface area contributed by atoms with Crippen molar-refractivity contribution in [1.82, 2.24) is 0 Å². The van der Waals surface area contributed by atoms with Gasteiger partial charge in [0.2, 0.25) is 0 Å². The fourth-order valence-electron chi connectivity index (χ4n) is 2.17. The number of hydrogen-bond donors (Lipinski definition) is 2. The monoisotopic (exact) mass is 378 g/mol. The molecule has 9 heteroatoms. The molecule has 8 nitrogen and oxygen atoms in total. The number of amides is 1. The fourth-order valence-corrected chi connectivity index (χ4v) is 2.34. The van der Waals surface area contributed by atoms with Crippen LogP contribution in [0, 0.1) is 24.0 Å². The van der Waals surface area contributed by atoms with E-state index in [2.05, 4.69) is 5.32 Å². The van der Waals surface area contributed by atoms with E-state index in [-0.39, 0.29) is 27.7 Å². The molecule has 0 atom stereocenters. The van der Waals surface area contributed by atoms with Gasteiger partial charge in [-0.3, -0.25) is 14.9 Å². The Morgan fingerprint density at radius 2 is 1.96 bits per heavy atom. The van der Waals surface area contributed by atoms with Crippen LogP contribution >= 0.6 is 11.6 Å². The number of halogens is 1. The molecule has 2 rings (SSSR count). The number of nitrogens with one attached hydrogen (secondary N) is 1. The van der Waals surface area contributed by atoms with Crippen molar-refractivity contribution in [3.63, 3.8) is 0 Å². The summed E-state index contributed by atoms with van der Waals surface area (Å²) in [5.74, 6) is -2.05. The molecule has 0 saturated carbocycles. The van der Waals surface area contributed by atoms with Gasteiger partial charge in [0.1, 0.15) is 17.0 Å². The van der Waals surface area contributed by atoms with Crippen LogP contribution in [0.3, 0.4) is 0 Å². The Bertz CT molecular complexity index is 897. The normalized spacial score (nSPS) is 10.3. The van der Waals surface area contributed by atoms with Gasteiger partial charge in [-0.2, -0.15) is 0 Å². The van der Waals surface area contributed by atoms with E-state index in [1.807, 2.05) is 0 Å². The number of carbonyl (C=O) groups is 2. The minimum Gasteiger partial charge on any atom is -0.507 e. The third kappa shape index (κ3) is 4.28. The van der Waals surface area contributed by atoms with Gasteiger partial charge in [0.15, 0.2) is 6.61 Å². The second-order valence-corrected chi connectivity index (χ2v) is 5.88. The molecule has 0 saturated heterocycles. The molecule has 2 N–H and O–H groups in total. The van der Waals surface area contributed by atoms with Gasteiger partial charge in [0.25, 0.3) is 11.6 Å². The quantitative estimate of drug-likeness (QED) is 0.467. The lowest BCUT2D eigenvalue weighted by atomic mass is 10.1. The van der Waals surface area contributed by atoms with Crippen LogP contribution in [-0.4, -0.2) is 28.5 Å². The number of nitrogens with zero attached hydrogens (tertiary/aromatic N) is 1. The van der Waals surface area contributed by atoms with Gasteiger partial charge in [-0.05, 0) is 43.2 Å². The number of aromatic hydroxyl groups is 1. The Morgan fingerprint density at radius 3 is 2.58 bits per heavy atom. The minimum absolute atomic E-state index is 0.0467. The standard InChI is InChI=1S/C17H15ClN2O6/c1-9-3-6-13(20(24)25)16(10(9)2)19-15(22)8-26-17(23)12-5-4-11(18)7-14(12)21/h3-7,21H,8H2,1-2H3,(H,19,22). The fraction of sp³-hybridized carbons (Fsp3) is 0.176. The van der Waals surface area contributed by atoms with E-state index in [1.165, 1.54) is 18.2 Å². The van der Waals surface area contributed by atoms with Crippen molar-refractivity contribution < 1.29 is 24.4 Å². The average Bonchev–Trinajstić information content (AvgIpc) is 2.56. The van der Waals surface area contributed by atoms with Crippen LogP contribution in [0.4, 0.5) is 11.4 Å². The number of phenolic OH excluding ortho intramolecular Hbond substituents is 1. The van der Waals surface area contributed by atoms with Crippen molar-refractivity contribution in [3.8, 4) is 5.75 Å². The summed E-state index contributed by atoms with van der Waals surface area (Å²) < 4.78 is 4.83. The van der Waals surface area contributed by atoms with Gasteiger partial charge in [-0.1, -0.05) is 17.7 Å². The highest BCUT2D eigenvalue weighted by Gasteiger charge is 2.20. The molecule has 0 aliphatic rings. The van der Waals surface area contributed by atoms with Crippen LogP contribution in [0.1, 0.15) is 21.5 Å². The highest BCUT2D eigenvalue weighted by Crippen LogP contribution is 2.30. The Labute approximate surface area is 153 Å². The number of esters is 1. The SMILES string of the molecule is Cc1ccc([N+](=O)[O-])c(NC(=O)COC(=O)c2ccc(Cl)cc2O)c1C.